The van der Waals surface area contributed by atoms with Crippen molar-refractivity contribution in [1.82, 2.24) is 5.32 Å². The number of ether oxygens (including phenoxy) is 2. The quantitative estimate of drug-likeness (QED) is 0.818. The molecule has 0 bridgehead atoms. The largest absolute Gasteiger partial charge is 0.497 e. The van der Waals surface area contributed by atoms with E-state index in [9.17, 15) is 9.59 Å². The van der Waals surface area contributed by atoms with Crippen LogP contribution in [0.25, 0.3) is 0 Å². The molecular formula is C18H25NO4. The second-order valence-electron chi connectivity index (χ2n) is 6.12. The lowest BCUT2D eigenvalue weighted by molar-refractivity contribution is -0.148. The Morgan fingerprint density at radius 2 is 2.04 bits per heavy atom. The number of esters is 1. The van der Waals surface area contributed by atoms with Crippen molar-refractivity contribution in [3.63, 3.8) is 0 Å². The zero-order chi connectivity index (χ0) is 16.7. The summed E-state index contributed by atoms with van der Waals surface area (Å²) in [6.07, 6.45) is 4.64. The fraction of sp³-hybridized carbons (Fsp3) is 0.556. The van der Waals surface area contributed by atoms with Crippen LogP contribution in [-0.2, 0) is 20.7 Å². The van der Waals surface area contributed by atoms with Gasteiger partial charge in [-0.2, -0.15) is 0 Å². The summed E-state index contributed by atoms with van der Waals surface area (Å²) in [6, 6.07) is 7.44. The molecule has 5 nitrogen and oxygen atoms in total. The molecule has 1 aromatic rings. The summed E-state index contributed by atoms with van der Waals surface area (Å²) in [4.78, 5) is 23.7. The van der Waals surface area contributed by atoms with E-state index in [1.165, 1.54) is 6.42 Å². The van der Waals surface area contributed by atoms with E-state index in [0.717, 1.165) is 24.8 Å². The Hall–Kier alpha value is -2.04. The van der Waals surface area contributed by atoms with Crippen LogP contribution in [0.5, 0.6) is 5.75 Å². The Balaban J connectivity index is 1.74. The highest BCUT2D eigenvalue weighted by atomic mass is 16.5. The summed E-state index contributed by atoms with van der Waals surface area (Å²) in [6.45, 7) is 1.94. The van der Waals surface area contributed by atoms with E-state index in [1.807, 2.05) is 18.2 Å². The first-order valence-corrected chi connectivity index (χ1v) is 8.16. The van der Waals surface area contributed by atoms with Gasteiger partial charge in [-0.3, -0.25) is 9.59 Å². The maximum atomic E-state index is 11.9. The summed E-state index contributed by atoms with van der Waals surface area (Å²) < 4.78 is 10.2. The van der Waals surface area contributed by atoms with Crippen LogP contribution in [0.3, 0.4) is 0 Å². The van der Waals surface area contributed by atoms with E-state index in [1.54, 1.807) is 13.2 Å². The molecule has 0 heterocycles. The van der Waals surface area contributed by atoms with Crippen molar-refractivity contribution in [2.45, 2.75) is 45.1 Å². The minimum atomic E-state index is -0.412. The fourth-order valence-corrected chi connectivity index (χ4v) is 2.93. The molecule has 1 N–H and O–H groups in total. The molecule has 126 valence electrons. The van der Waals surface area contributed by atoms with E-state index < -0.39 is 5.97 Å². The first-order chi connectivity index (χ1) is 11.1. The minimum absolute atomic E-state index is 0.129. The number of benzene rings is 1. The first-order valence-electron chi connectivity index (χ1n) is 8.16. The summed E-state index contributed by atoms with van der Waals surface area (Å²) >= 11 is 0. The van der Waals surface area contributed by atoms with Gasteiger partial charge in [-0.1, -0.05) is 31.9 Å². The van der Waals surface area contributed by atoms with Gasteiger partial charge in [-0.15, -0.1) is 0 Å². The maximum absolute atomic E-state index is 11.9. The molecule has 1 fully saturated rings. The average Bonchev–Trinajstić information content (AvgIpc) is 2.55. The van der Waals surface area contributed by atoms with Crippen molar-refractivity contribution in [3.05, 3.63) is 29.8 Å². The Morgan fingerprint density at radius 1 is 1.26 bits per heavy atom. The predicted octanol–water partition coefficient (Wildman–Crippen LogP) is 2.48. The standard InChI is InChI=1S/C18H25NO4/c1-13-6-3-4-9-16(13)19-17(20)12-23-18(21)11-14-7-5-8-15(10-14)22-2/h5,7-8,10,13,16H,3-4,6,9,11-12H2,1-2H3,(H,19,20)/t13-,16+/m1/s1. The van der Waals surface area contributed by atoms with Gasteiger partial charge in [0.1, 0.15) is 5.75 Å². The number of nitrogens with one attached hydrogen (secondary N) is 1. The molecule has 0 saturated heterocycles. The average molecular weight is 319 g/mol. The summed E-state index contributed by atoms with van der Waals surface area (Å²) in [5.74, 6) is 0.548. The third kappa shape index (κ3) is 5.58. The van der Waals surface area contributed by atoms with Crippen molar-refractivity contribution < 1.29 is 19.1 Å². The number of carbonyl (C=O) groups is 2. The monoisotopic (exact) mass is 319 g/mol. The smallest absolute Gasteiger partial charge is 0.310 e. The molecule has 1 amide bonds. The Morgan fingerprint density at radius 3 is 2.78 bits per heavy atom. The van der Waals surface area contributed by atoms with Gasteiger partial charge >= 0.3 is 5.97 Å². The minimum Gasteiger partial charge on any atom is -0.497 e. The maximum Gasteiger partial charge on any atom is 0.310 e. The zero-order valence-electron chi connectivity index (χ0n) is 13.8. The second kappa shape index (κ2) is 8.56. The summed E-state index contributed by atoms with van der Waals surface area (Å²) in [7, 11) is 1.58. The van der Waals surface area contributed by atoms with Crippen LogP contribution in [-0.4, -0.2) is 31.6 Å². The topological polar surface area (TPSA) is 64.6 Å². The van der Waals surface area contributed by atoms with E-state index >= 15 is 0 Å². The van der Waals surface area contributed by atoms with E-state index in [4.69, 9.17) is 9.47 Å². The van der Waals surface area contributed by atoms with Crippen molar-refractivity contribution in [2.75, 3.05) is 13.7 Å². The van der Waals surface area contributed by atoms with Crippen LogP contribution in [0.1, 0.15) is 38.2 Å². The molecule has 0 radical (unpaired) electrons. The van der Waals surface area contributed by atoms with Crippen LogP contribution in [0, 0.1) is 5.92 Å². The van der Waals surface area contributed by atoms with Crippen LogP contribution in [0.2, 0.25) is 0 Å². The highest BCUT2D eigenvalue weighted by Gasteiger charge is 2.23. The lowest BCUT2D eigenvalue weighted by Gasteiger charge is -2.29. The van der Waals surface area contributed by atoms with Crippen molar-refractivity contribution >= 4 is 11.9 Å². The van der Waals surface area contributed by atoms with Gasteiger partial charge in [0, 0.05) is 6.04 Å². The number of hydrogen-bond donors (Lipinski definition) is 1. The summed E-state index contributed by atoms with van der Waals surface area (Å²) in [5.41, 5.74) is 0.802. The van der Waals surface area contributed by atoms with E-state index in [-0.39, 0.29) is 25.0 Å². The molecule has 23 heavy (non-hydrogen) atoms. The zero-order valence-corrected chi connectivity index (χ0v) is 13.8. The number of carbonyl (C=O) groups excluding carboxylic acids is 2. The third-order valence-corrected chi connectivity index (χ3v) is 4.30. The highest BCUT2D eigenvalue weighted by Crippen LogP contribution is 2.23. The number of methoxy groups -OCH3 is 1. The van der Waals surface area contributed by atoms with Gasteiger partial charge in [0.15, 0.2) is 6.61 Å². The molecule has 2 rings (SSSR count). The van der Waals surface area contributed by atoms with Crippen LogP contribution >= 0.6 is 0 Å². The second-order valence-corrected chi connectivity index (χ2v) is 6.12. The molecule has 1 aromatic carbocycles. The van der Waals surface area contributed by atoms with Crippen molar-refractivity contribution in [1.29, 1.82) is 0 Å². The van der Waals surface area contributed by atoms with Gasteiger partial charge in [0.05, 0.1) is 13.5 Å². The lowest BCUT2D eigenvalue weighted by atomic mass is 9.86. The van der Waals surface area contributed by atoms with Crippen LogP contribution in [0.4, 0.5) is 0 Å². The first kappa shape index (κ1) is 17.3. The predicted molar refractivity (Wildman–Crippen MR) is 87.2 cm³/mol. The van der Waals surface area contributed by atoms with E-state index in [2.05, 4.69) is 12.2 Å². The van der Waals surface area contributed by atoms with Crippen LogP contribution in [0.15, 0.2) is 24.3 Å². The Bertz CT molecular complexity index is 544. The molecule has 1 aliphatic carbocycles. The third-order valence-electron chi connectivity index (χ3n) is 4.30. The molecule has 0 unspecified atom stereocenters. The normalized spacial score (nSPS) is 20.6. The van der Waals surface area contributed by atoms with Crippen molar-refractivity contribution in [2.24, 2.45) is 5.92 Å². The van der Waals surface area contributed by atoms with Gasteiger partial charge in [-0.05, 0) is 36.5 Å². The van der Waals surface area contributed by atoms with Crippen molar-refractivity contribution in [3.8, 4) is 5.75 Å². The molecule has 1 aliphatic rings. The van der Waals surface area contributed by atoms with Gasteiger partial charge in [-0.25, -0.2) is 0 Å². The molecular weight excluding hydrogens is 294 g/mol. The fourth-order valence-electron chi connectivity index (χ4n) is 2.93. The molecule has 5 heteroatoms. The molecule has 0 spiro atoms. The molecule has 0 aromatic heterocycles. The number of hydrogen-bond acceptors (Lipinski definition) is 4. The molecule has 0 aliphatic heterocycles. The van der Waals surface area contributed by atoms with Gasteiger partial charge in [0.25, 0.3) is 5.91 Å². The van der Waals surface area contributed by atoms with Gasteiger partial charge in [0.2, 0.25) is 0 Å². The number of rotatable bonds is 6. The highest BCUT2D eigenvalue weighted by molar-refractivity contribution is 5.81. The Kier molecular flexibility index (Phi) is 6.44. The molecule has 2 atom stereocenters. The molecule has 1 saturated carbocycles. The van der Waals surface area contributed by atoms with Gasteiger partial charge < -0.3 is 14.8 Å². The number of amides is 1. The summed E-state index contributed by atoms with van der Waals surface area (Å²) in [5, 5.41) is 2.97. The SMILES string of the molecule is COc1cccc(CC(=O)OCC(=O)N[C@H]2CCCC[C@H]2C)c1. The van der Waals surface area contributed by atoms with E-state index in [0.29, 0.717) is 11.7 Å². The Labute approximate surface area is 137 Å². The van der Waals surface area contributed by atoms with Crippen LogP contribution < -0.4 is 10.1 Å². The lowest BCUT2D eigenvalue weighted by Crippen LogP contribution is -2.42.